The van der Waals surface area contributed by atoms with Crippen LogP contribution in [0, 0.1) is 0 Å². The number of carboxylic acids is 1. The molecule has 1 aromatic carbocycles. The zero-order valence-corrected chi connectivity index (χ0v) is 12.6. The molecule has 3 aromatic rings. The molecule has 2 N–H and O–H groups in total. The van der Waals surface area contributed by atoms with Crippen LogP contribution in [-0.4, -0.2) is 42.9 Å². The van der Waals surface area contributed by atoms with Crippen molar-refractivity contribution in [2.75, 3.05) is 0 Å². The molecule has 0 saturated heterocycles. The number of nitrogens with one attached hydrogen (secondary N) is 1. The van der Waals surface area contributed by atoms with E-state index in [-0.39, 0.29) is 18.7 Å². The van der Waals surface area contributed by atoms with Gasteiger partial charge in [0.15, 0.2) is 0 Å². The maximum atomic E-state index is 12.9. The Balaban J connectivity index is 1.72. The molecule has 7 nitrogen and oxygen atoms in total. The first-order chi connectivity index (χ1) is 11.6. The molecule has 1 aliphatic heterocycles. The highest BCUT2D eigenvalue weighted by molar-refractivity contribution is 5.97. The normalized spacial score (nSPS) is 16.8. The molecule has 1 atom stereocenters. The van der Waals surface area contributed by atoms with Crippen molar-refractivity contribution in [1.82, 2.24) is 19.9 Å². The number of para-hydroxylation sites is 1. The highest BCUT2D eigenvalue weighted by atomic mass is 16.4. The van der Waals surface area contributed by atoms with E-state index in [1.54, 1.807) is 6.07 Å². The minimum atomic E-state index is -1.04. The third-order valence-electron chi connectivity index (χ3n) is 4.26. The number of carbonyl (C=O) groups is 2. The molecular formula is C17H14N4O3. The van der Waals surface area contributed by atoms with E-state index >= 15 is 0 Å². The number of imidazole rings is 1. The highest BCUT2D eigenvalue weighted by Crippen LogP contribution is 2.23. The molecule has 0 saturated carbocycles. The first-order valence-corrected chi connectivity index (χ1v) is 7.54. The van der Waals surface area contributed by atoms with Crippen LogP contribution < -0.4 is 0 Å². The fourth-order valence-electron chi connectivity index (χ4n) is 3.00. The molecule has 0 bridgehead atoms. The predicted molar refractivity (Wildman–Crippen MR) is 85.3 cm³/mol. The summed E-state index contributed by atoms with van der Waals surface area (Å²) in [6.07, 6.45) is 1.71. The zero-order valence-electron chi connectivity index (χ0n) is 12.6. The second-order valence-electron chi connectivity index (χ2n) is 5.71. The third-order valence-corrected chi connectivity index (χ3v) is 4.26. The number of nitrogens with zero attached hydrogens (tertiary/aromatic N) is 3. The molecule has 1 aliphatic rings. The lowest BCUT2D eigenvalue weighted by atomic mass is 10.0. The Morgan fingerprint density at radius 3 is 2.88 bits per heavy atom. The summed E-state index contributed by atoms with van der Waals surface area (Å²) in [5, 5.41) is 10.4. The van der Waals surface area contributed by atoms with Gasteiger partial charge in [0, 0.05) is 11.8 Å². The lowest BCUT2D eigenvalue weighted by Crippen LogP contribution is -2.48. The standard InChI is InChI=1S/C17H14N4O3/c22-16(12-6-5-10-3-1-2-4-11(10)20-12)21-8-14-13(18-9-19-14)7-15(21)17(23)24/h1-6,9,15H,7-8H2,(H,18,19)(H,23,24). The minimum absolute atomic E-state index is 0.180. The Kier molecular flexibility index (Phi) is 3.26. The number of hydrogen-bond acceptors (Lipinski definition) is 4. The lowest BCUT2D eigenvalue weighted by Gasteiger charge is -2.32. The molecule has 4 rings (SSSR count). The van der Waals surface area contributed by atoms with E-state index in [2.05, 4.69) is 15.0 Å². The Hall–Kier alpha value is -3.22. The van der Waals surface area contributed by atoms with Crippen molar-refractivity contribution < 1.29 is 14.7 Å². The van der Waals surface area contributed by atoms with E-state index < -0.39 is 17.9 Å². The number of aromatic nitrogens is 3. The maximum absolute atomic E-state index is 12.9. The predicted octanol–water partition coefficient (Wildman–Crippen LogP) is 1.61. The van der Waals surface area contributed by atoms with Crippen LogP contribution >= 0.6 is 0 Å². The molecule has 1 amide bonds. The number of pyridine rings is 1. The molecule has 120 valence electrons. The van der Waals surface area contributed by atoms with E-state index in [1.165, 1.54) is 11.2 Å². The molecule has 0 aliphatic carbocycles. The minimum Gasteiger partial charge on any atom is -0.480 e. The number of rotatable bonds is 2. The van der Waals surface area contributed by atoms with Gasteiger partial charge in [-0.2, -0.15) is 0 Å². The number of carboxylic acid groups (broad SMARTS) is 1. The van der Waals surface area contributed by atoms with E-state index in [0.717, 1.165) is 11.1 Å². The second-order valence-corrected chi connectivity index (χ2v) is 5.71. The van der Waals surface area contributed by atoms with Gasteiger partial charge in [-0.3, -0.25) is 4.79 Å². The van der Waals surface area contributed by atoms with E-state index in [9.17, 15) is 14.7 Å². The number of carbonyl (C=O) groups excluding carboxylic acids is 1. The Bertz CT molecular complexity index is 950. The molecular weight excluding hydrogens is 308 g/mol. The smallest absolute Gasteiger partial charge is 0.326 e. The van der Waals surface area contributed by atoms with Crippen LogP contribution in [0.2, 0.25) is 0 Å². The number of benzene rings is 1. The zero-order chi connectivity index (χ0) is 16.7. The Labute approximate surface area is 137 Å². The van der Waals surface area contributed by atoms with Crippen molar-refractivity contribution in [3.8, 4) is 0 Å². The summed E-state index contributed by atoms with van der Waals surface area (Å²) in [6, 6.07) is 9.99. The topological polar surface area (TPSA) is 99.2 Å². The van der Waals surface area contributed by atoms with Crippen LogP contribution in [0.3, 0.4) is 0 Å². The summed E-state index contributed by atoms with van der Waals surface area (Å²) in [5.74, 6) is -1.44. The molecule has 2 aromatic heterocycles. The number of fused-ring (bicyclic) bond motifs is 2. The van der Waals surface area contributed by atoms with Gasteiger partial charge < -0.3 is 15.0 Å². The van der Waals surface area contributed by atoms with E-state index in [0.29, 0.717) is 11.2 Å². The highest BCUT2D eigenvalue weighted by Gasteiger charge is 2.36. The molecule has 24 heavy (non-hydrogen) atoms. The summed E-state index contributed by atoms with van der Waals surface area (Å²) >= 11 is 0. The van der Waals surface area contributed by atoms with Crippen molar-refractivity contribution in [1.29, 1.82) is 0 Å². The molecule has 3 heterocycles. The maximum Gasteiger partial charge on any atom is 0.326 e. The van der Waals surface area contributed by atoms with Crippen molar-refractivity contribution in [2.45, 2.75) is 19.0 Å². The summed E-state index contributed by atoms with van der Waals surface area (Å²) in [5.41, 5.74) is 2.40. The number of hydrogen-bond donors (Lipinski definition) is 2. The van der Waals surface area contributed by atoms with Crippen molar-refractivity contribution in [3.63, 3.8) is 0 Å². The molecule has 1 unspecified atom stereocenters. The van der Waals surface area contributed by atoms with Gasteiger partial charge in [0.05, 0.1) is 29.8 Å². The number of aliphatic carboxylic acids is 1. The van der Waals surface area contributed by atoms with Crippen LogP contribution in [-0.2, 0) is 17.8 Å². The number of amides is 1. The van der Waals surface area contributed by atoms with E-state index in [4.69, 9.17) is 0 Å². The number of aromatic amines is 1. The first-order valence-electron chi connectivity index (χ1n) is 7.54. The summed E-state index contributed by atoms with van der Waals surface area (Å²) in [6.45, 7) is 0.180. The van der Waals surface area contributed by atoms with Crippen LogP contribution in [0.1, 0.15) is 21.9 Å². The quantitative estimate of drug-likeness (QED) is 0.747. The van der Waals surface area contributed by atoms with Gasteiger partial charge in [-0.15, -0.1) is 0 Å². The third kappa shape index (κ3) is 2.30. The summed E-state index contributed by atoms with van der Waals surface area (Å²) < 4.78 is 0. The van der Waals surface area contributed by atoms with Gasteiger partial charge in [0.1, 0.15) is 11.7 Å². The van der Waals surface area contributed by atoms with Gasteiger partial charge in [-0.25, -0.2) is 14.8 Å². The SMILES string of the molecule is O=C(O)C1Cc2nc[nH]c2CN1C(=O)c1ccc2ccccc2n1. The Morgan fingerprint density at radius 1 is 1.21 bits per heavy atom. The van der Waals surface area contributed by atoms with Gasteiger partial charge in [0.2, 0.25) is 0 Å². The fraction of sp³-hybridized carbons (Fsp3) is 0.176. The summed E-state index contributed by atoms with van der Waals surface area (Å²) in [4.78, 5) is 37.2. The average molecular weight is 322 g/mol. The number of H-pyrrole nitrogens is 1. The fourth-order valence-corrected chi connectivity index (χ4v) is 3.00. The van der Waals surface area contributed by atoms with E-state index in [1.807, 2.05) is 30.3 Å². The molecule has 0 fully saturated rings. The summed E-state index contributed by atoms with van der Waals surface area (Å²) in [7, 11) is 0. The van der Waals surface area contributed by atoms with Crippen molar-refractivity contribution >= 4 is 22.8 Å². The van der Waals surface area contributed by atoms with Crippen molar-refractivity contribution in [3.05, 3.63) is 59.8 Å². The van der Waals surface area contributed by atoms with Gasteiger partial charge >= 0.3 is 5.97 Å². The van der Waals surface area contributed by atoms with Crippen LogP contribution in [0.25, 0.3) is 10.9 Å². The largest absolute Gasteiger partial charge is 0.480 e. The van der Waals surface area contributed by atoms with Crippen molar-refractivity contribution in [2.24, 2.45) is 0 Å². The van der Waals surface area contributed by atoms with Crippen LogP contribution in [0.4, 0.5) is 0 Å². The molecule has 7 heteroatoms. The van der Waals surface area contributed by atoms with Gasteiger partial charge in [-0.05, 0) is 12.1 Å². The Morgan fingerprint density at radius 2 is 2.04 bits per heavy atom. The lowest BCUT2D eigenvalue weighted by molar-refractivity contribution is -0.142. The molecule has 0 radical (unpaired) electrons. The molecule has 0 spiro atoms. The average Bonchev–Trinajstić information content (AvgIpc) is 3.07. The monoisotopic (exact) mass is 322 g/mol. The van der Waals surface area contributed by atoms with Crippen LogP contribution in [0.15, 0.2) is 42.7 Å². The van der Waals surface area contributed by atoms with Gasteiger partial charge in [-0.1, -0.05) is 24.3 Å². The first kappa shape index (κ1) is 14.4. The van der Waals surface area contributed by atoms with Gasteiger partial charge in [0.25, 0.3) is 5.91 Å². The van der Waals surface area contributed by atoms with Crippen LogP contribution in [0.5, 0.6) is 0 Å². The second kappa shape index (κ2) is 5.45.